The average Bonchev–Trinajstić information content (AvgIpc) is 2.40. The number of aryl methyl sites for hydroxylation is 2. The van der Waals surface area contributed by atoms with Crippen LogP contribution in [0.15, 0.2) is 24.4 Å². The van der Waals surface area contributed by atoms with E-state index in [1.54, 1.807) is 18.3 Å². The molecule has 2 N–H and O–H groups in total. The molecule has 20 heavy (non-hydrogen) atoms. The number of hydrogen-bond donors (Lipinski definition) is 1. The molecule has 1 heterocycles. The van der Waals surface area contributed by atoms with E-state index < -0.39 is 4.92 Å². The summed E-state index contributed by atoms with van der Waals surface area (Å²) in [6.45, 7) is 0. The van der Waals surface area contributed by atoms with Gasteiger partial charge in [0.15, 0.2) is 0 Å². The van der Waals surface area contributed by atoms with Gasteiger partial charge in [-0.2, -0.15) is 0 Å². The first-order valence-corrected chi connectivity index (χ1v) is 6.43. The molecule has 0 aliphatic carbocycles. The third-order valence-corrected chi connectivity index (χ3v) is 3.63. The van der Waals surface area contributed by atoms with Crippen LogP contribution in [-0.4, -0.2) is 14.9 Å². The highest BCUT2D eigenvalue weighted by Gasteiger charge is 2.17. The molecule has 6 nitrogen and oxygen atoms in total. The molecule has 8 heteroatoms. The first-order valence-electron chi connectivity index (χ1n) is 5.67. The fourth-order valence-corrected chi connectivity index (χ4v) is 2.24. The van der Waals surface area contributed by atoms with Gasteiger partial charge in [-0.05, 0) is 24.5 Å². The molecule has 0 bridgehead atoms. The summed E-state index contributed by atoms with van der Waals surface area (Å²) in [6, 6.07) is 4.69. The molecule has 1 aromatic carbocycles. The number of nitro groups is 1. The zero-order chi connectivity index (χ0) is 14.7. The van der Waals surface area contributed by atoms with Crippen LogP contribution in [0, 0.1) is 10.1 Å². The Hall–Kier alpha value is -1.92. The Kier molecular flexibility index (Phi) is 4.36. The summed E-state index contributed by atoms with van der Waals surface area (Å²) >= 11 is 11.9. The van der Waals surface area contributed by atoms with E-state index in [1.807, 2.05) is 0 Å². The lowest BCUT2D eigenvalue weighted by Crippen LogP contribution is -2.01. The number of nitro benzene ring substituents is 1. The molecule has 0 unspecified atom stereocenters. The van der Waals surface area contributed by atoms with Gasteiger partial charge in [-0.25, -0.2) is 9.97 Å². The summed E-state index contributed by atoms with van der Waals surface area (Å²) in [5.74, 6) is 0.204. The zero-order valence-electron chi connectivity index (χ0n) is 10.2. The van der Waals surface area contributed by atoms with Crippen molar-refractivity contribution >= 4 is 34.8 Å². The van der Waals surface area contributed by atoms with Crippen LogP contribution in [0.3, 0.4) is 0 Å². The highest BCUT2D eigenvalue weighted by atomic mass is 35.5. The molecule has 2 aromatic rings. The van der Waals surface area contributed by atoms with Gasteiger partial charge >= 0.3 is 0 Å². The lowest BCUT2D eigenvalue weighted by atomic mass is 10.1. The van der Waals surface area contributed by atoms with Gasteiger partial charge in [0.05, 0.1) is 9.95 Å². The van der Waals surface area contributed by atoms with Crippen LogP contribution in [0.1, 0.15) is 11.3 Å². The summed E-state index contributed by atoms with van der Waals surface area (Å²) in [5.41, 5.74) is 6.78. The Bertz CT molecular complexity index is 664. The topological polar surface area (TPSA) is 94.9 Å². The Morgan fingerprint density at radius 3 is 2.60 bits per heavy atom. The Labute approximate surface area is 124 Å². The van der Waals surface area contributed by atoms with E-state index in [9.17, 15) is 10.1 Å². The van der Waals surface area contributed by atoms with Gasteiger partial charge in [-0.15, -0.1) is 0 Å². The monoisotopic (exact) mass is 312 g/mol. The molecule has 0 saturated carbocycles. The summed E-state index contributed by atoms with van der Waals surface area (Å²) in [4.78, 5) is 18.0. The van der Waals surface area contributed by atoms with E-state index in [2.05, 4.69) is 9.97 Å². The highest BCUT2D eigenvalue weighted by molar-refractivity contribution is 6.43. The maximum Gasteiger partial charge on any atom is 0.289 e. The van der Waals surface area contributed by atoms with Crippen molar-refractivity contribution in [3.05, 3.63) is 55.8 Å². The van der Waals surface area contributed by atoms with E-state index in [0.29, 0.717) is 12.8 Å². The third-order valence-electron chi connectivity index (χ3n) is 2.72. The lowest BCUT2D eigenvalue weighted by molar-refractivity contribution is -0.384. The molecule has 0 amide bonds. The third kappa shape index (κ3) is 3.15. The van der Waals surface area contributed by atoms with Crippen molar-refractivity contribution in [2.24, 2.45) is 0 Å². The van der Waals surface area contributed by atoms with Crippen LogP contribution in [-0.2, 0) is 12.8 Å². The van der Waals surface area contributed by atoms with Gasteiger partial charge in [-0.3, -0.25) is 10.1 Å². The Morgan fingerprint density at radius 2 is 1.95 bits per heavy atom. The van der Waals surface area contributed by atoms with Crippen molar-refractivity contribution < 1.29 is 4.92 Å². The SMILES string of the molecule is Nc1nccc(CCc2ccc([N+](=O)[O-])c(Cl)c2Cl)n1. The van der Waals surface area contributed by atoms with Crippen molar-refractivity contribution in [1.29, 1.82) is 0 Å². The molecule has 0 saturated heterocycles. The normalized spacial score (nSPS) is 10.5. The zero-order valence-corrected chi connectivity index (χ0v) is 11.7. The fraction of sp³-hybridized carbons (Fsp3) is 0.167. The van der Waals surface area contributed by atoms with Crippen molar-refractivity contribution in [1.82, 2.24) is 9.97 Å². The van der Waals surface area contributed by atoms with Crippen LogP contribution >= 0.6 is 23.2 Å². The van der Waals surface area contributed by atoms with Crippen molar-refractivity contribution in [3.63, 3.8) is 0 Å². The molecule has 1 aromatic heterocycles. The molecule has 104 valence electrons. The number of nitrogens with two attached hydrogens (primary N) is 1. The molecule has 0 radical (unpaired) electrons. The quantitative estimate of drug-likeness (QED) is 0.691. The number of nitrogen functional groups attached to an aromatic ring is 1. The predicted octanol–water partition coefficient (Wildman–Crippen LogP) is 3.06. The molecule has 0 atom stereocenters. The first-order chi connectivity index (χ1) is 9.49. The van der Waals surface area contributed by atoms with Gasteiger partial charge in [0.1, 0.15) is 5.02 Å². The van der Waals surface area contributed by atoms with Crippen LogP contribution in [0.5, 0.6) is 0 Å². The molecule has 0 spiro atoms. The average molecular weight is 313 g/mol. The minimum atomic E-state index is -0.566. The summed E-state index contributed by atoms with van der Waals surface area (Å²) in [5, 5.41) is 10.9. The maximum absolute atomic E-state index is 10.7. The predicted molar refractivity (Wildman–Crippen MR) is 77.0 cm³/mol. The molecular formula is C12H10Cl2N4O2. The number of rotatable bonds is 4. The van der Waals surface area contributed by atoms with Crippen LogP contribution < -0.4 is 5.73 Å². The Balaban J connectivity index is 2.18. The Morgan fingerprint density at radius 1 is 1.20 bits per heavy atom. The van der Waals surface area contributed by atoms with Crippen molar-refractivity contribution in [3.8, 4) is 0 Å². The van der Waals surface area contributed by atoms with E-state index in [0.717, 1.165) is 11.3 Å². The molecule has 2 rings (SSSR count). The van der Waals surface area contributed by atoms with Crippen molar-refractivity contribution in [2.45, 2.75) is 12.8 Å². The van der Waals surface area contributed by atoms with Gasteiger partial charge < -0.3 is 5.73 Å². The minimum Gasteiger partial charge on any atom is -0.368 e. The number of anilines is 1. The molecule has 0 fully saturated rings. The number of nitrogens with zero attached hydrogens (tertiary/aromatic N) is 3. The second kappa shape index (κ2) is 6.02. The smallest absolute Gasteiger partial charge is 0.289 e. The second-order valence-electron chi connectivity index (χ2n) is 4.04. The summed E-state index contributed by atoms with van der Waals surface area (Å²) < 4.78 is 0. The van der Waals surface area contributed by atoms with E-state index in [4.69, 9.17) is 28.9 Å². The van der Waals surface area contributed by atoms with E-state index >= 15 is 0 Å². The number of benzene rings is 1. The number of aromatic nitrogens is 2. The first kappa shape index (κ1) is 14.5. The molecular weight excluding hydrogens is 303 g/mol. The summed E-state index contributed by atoms with van der Waals surface area (Å²) in [6.07, 6.45) is 2.70. The second-order valence-corrected chi connectivity index (χ2v) is 4.79. The highest BCUT2D eigenvalue weighted by Crippen LogP contribution is 2.34. The number of hydrogen-bond acceptors (Lipinski definition) is 5. The fourth-order valence-electron chi connectivity index (χ4n) is 1.73. The van der Waals surface area contributed by atoms with Crippen LogP contribution in [0.25, 0.3) is 0 Å². The molecule has 0 aliphatic heterocycles. The van der Waals surface area contributed by atoms with Crippen molar-refractivity contribution in [2.75, 3.05) is 5.73 Å². The van der Waals surface area contributed by atoms with Gasteiger partial charge in [-0.1, -0.05) is 29.3 Å². The van der Waals surface area contributed by atoms with Crippen LogP contribution in [0.2, 0.25) is 10.0 Å². The number of halogens is 2. The van der Waals surface area contributed by atoms with Crippen LogP contribution in [0.4, 0.5) is 11.6 Å². The maximum atomic E-state index is 10.7. The standard InChI is InChI=1S/C12H10Cl2N4O2/c13-10-7(2-4-9(11(10)14)18(19)20)1-3-8-5-6-16-12(15)17-8/h2,4-6H,1,3H2,(H2,15,16,17). The summed E-state index contributed by atoms with van der Waals surface area (Å²) in [7, 11) is 0. The largest absolute Gasteiger partial charge is 0.368 e. The molecule has 0 aliphatic rings. The van der Waals surface area contributed by atoms with Gasteiger partial charge in [0.2, 0.25) is 5.95 Å². The lowest BCUT2D eigenvalue weighted by Gasteiger charge is -2.06. The minimum absolute atomic E-state index is 0.0450. The van der Waals surface area contributed by atoms with Gasteiger partial charge in [0.25, 0.3) is 5.69 Å². The van der Waals surface area contributed by atoms with E-state index in [1.165, 1.54) is 6.07 Å². The van der Waals surface area contributed by atoms with Gasteiger partial charge in [0, 0.05) is 18.0 Å². The van der Waals surface area contributed by atoms with E-state index in [-0.39, 0.29) is 21.7 Å².